The van der Waals surface area contributed by atoms with Crippen molar-refractivity contribution < 1.29 is 4.79 Å². The van der Waals surface area contributed by atoms with Crippen molar-refractivity contribution in [1.29, 1.82) is 0 Å². The standard InChI is InChI=1S/C18H27N3OS/c1-3-16-17(22)21(13-12-20-10-8-19-9-11-20)18(23-16)15-6-4-14(2)5-7-15/h4-7,16,18-19H,3,8-13H2,1-2H3/t16-,18-/m0/s1. The van der Waals surface area contributed by atoms with Crippen LogP contribution in [0.3, 0.4) is 0 Å². The number of aryl methyl sites for hydroxylation is 1. The number of carbonyl (C=O) groups excluding carboxylic acids is 1. The fraction of sp³-hybridized carbons (Fsp3) is 0.611. The van der Waals surface area contributed by atoms with E-state index >= 15 is 0 Å². The average molecular weight is 334 g/mol. The maximum absolute atomic E-state index is 12.7. The van der Waals surface area contributed by atoms with E-state index in [1.54, 1.807) is 0 Å². The summed E-state index contributed by atoms with van der Waals surface area (Å²) in [6, 6.07) is 8.65. The lowest BCUT2D eigenvalue weighted by Crippen LogP contribution is -2.47. The van der Waals surface area contributed by atoms with E-state index in [4.69, 9.17) is 0 Å². The van der Waals surface area contributed by atoms with Gasteiger partial charge in [0, 0.05) is 39.3 Å². The summed E-state index contributed by atoms with van der Waals surface area (Å²) in [5.74, 6) is 0.318. The highest BCUT2D eigenvalue weighted by atomic mass is 32.2. The van der Waals surface area contributed by atoms with Crippen LogP contribution in [-0.4, -0.2) is 60.2 Å². The summed E-state index contributed by atoms with van der Waals surface area (Å²) in [6.45, 7) is 10.3. The maximum atomic E-state index is 12.7. The first-order valence-corrected chi connectivity index (χ1v) is 9.59. The number of hydrogen-bond donors (Lipinski definition) is 1. The molecule has 126 valence electrons. The second-order valence-electron chi connectivity index (χ2n) is 6.42. The van der Waals surface area contributed by atoms with Crippen LogP contribution in [0.1, 0.15) is 29.8 Å². The van der Waals surface area contributed by atoms with Crippen molar-refractivity contribution in [2.45, 2.75) is 30.9 Å². The van der Waals surface area contributed by atoms with Crippen LogP contribution < -0.4 is 5.32 Å². The van der Waals surface area contributed by atoms with Gasteiger partial charge in [-0.1, -0.05) is 36.8 Å². The Morgan fingerprint density at radius 1 is 1.17 bits per heavy atom. The normalized spacial score (nSPS) is 26.0. The fourth-order valence-corrected chi connectivity index (χ4v) is 4.69. The van der Waals surface area contributed by atoms with Crippen LogP contribution in [-0.2, 0) is 4.79 Å². The van der Waals surface area contributed by atoms with Crippen LogP contribution in [0.15, 0.2) is 24.3 Å². The minimum atomic E-state index is 0.115. The van der Waals surface area contributed by atoms with Crippen LogP contribution in [0.5, 0.6) is 0 Å². The number of amides is 1. The van der Waals surface area contributed by atoms with Gasteiger partial charge in [0.05, 0.1) is 5.25 Å². The highest BCUT2D eigenvalue weighted by molar-refractivity contribution is 8.01. The molecule has 2 aliphatic heterocycles. The number of nitrogens with zero attached hydrogens (tertiary/aromatic N) is 2. The van der Waals surface area contributed by atoms with Gasteiger partial charge in [0.15, 0.2) is 0 Å². The Morgan fingerprint density at radius 2 is 1.87 bits per heavy atom. The molecular weight excluding hydrogens is 306 g/mol. The monoisotopic (exact) mass is 333 g/mol. The zero-order valence-electron chi connectivity index (χ0n) is 14.1. The van der Waals surface area contributed by atoms with Gasteiger partial charge in [-0.25, -0.2) is 0 Å². The quantitative estimate of drug-likeness (QED) is 0.896. The Labute approximate surface area is 143 Å². The Hall–Kier alpha value is -1.04. The molecule has 2 fully saturated rings. The number of carbonyl (C=O) groups is 1. The van der Waals surface area contributed by atoms with Crippen molar-refractivity contribution in [3.8, 4) is 0 Å². The topological polar surface area (TPSA) is 35.6 Å². The molecule has 2 atom stereocenters. The van der Waals surface area contributed by atoms with Gasteiger partial charge < -0.3 is 10.2 Å². The summed E-state index contributed by atoms with van der Waals surface area (Å²) in [5.41, 5.74) is 2.52. The van der Waals surface area contributed by atoms with Crippen molar-refractivity contribution in [2.24, 2.45) is 0 Å². The Bertz CT molecular complexity index is 528. The minimum Gasteiger partial charge on any atom is -0.324 e. The summed E-state index contributed by atoms with van der Waals surface area (Å²) in [6.07, 6.45) is 0.913. The van der Waals surface area contributed by atoms with Crippen LogP contribution in [0.2, 0.25) is 0 Å². The van der Waals surface area contributed by atoms with Crippen LogP contribution in [0, 0.1) is 6.92 Å². The summed E-state index contributed by atoms with van der Waals surface area (Å²) in [7, 11) is 0. The maximum Gasteiger partial charge on any atom is 0.236 e. The first kappa shape index (κ1) is 16.8. The molecule has 4 nitrogen and oxygen atoms in total. The lowest BCUT2D eigenvalue weighted by Gasteiger charge is -2.31. The molecule has 2 aliphatic rings. The smallest absolute Gasteiger partial charge is 0.236 e. The predicted molar refractivity (Wildman–Crippen MR) is 96.6 cm³/mol. The number of thioether (sulfide) groups is 1. The van der Waals surface area contributed by atoms with E-state index in [0.29, 0.717) is 5.91 Å². The molecule has 1 amide bonds. The molecule has 1 N–H and O–H groups in total. The molecule has 0 saturated carbocycles. The summed E-state index contributed by atoms with van der Waals surface area (Å²) < 4.78 is 0. The van der Waals surface area contributed by atoms with Crippen LogP contribution >= 0.6 is 11.8 Å². The fourth-order valence-electron chi connectivity index (χ4n) is 3.26. The van der Waals surface area contributed by atoms with E-state index in [-0.39, 0.29) is 10.6 Å². The van der Waals surface area contributed by atoms with Crippen molar-refractivity contribution in [3.05, 3.63) is 35.4 Å². The second kappa shape index (κ2) is 7.69. The van der Waals surface area contributed by atoms with Crippen molar-refractivity contribution in [3.63, 3.8) is 0 Å². The highest BCUT2D eigenvalue weighted by Crippen LogP contribution is 2.43. The molecule has 3 rings (SSSR count). The first-order valence-electron chi connectivity index (χ1n) is 8.64. The Morgan fingerprint density at radius 3 is 2.52 bits per heavy atom. The Balaban J connectivity index is 1.70. The summed E-state index contributed by atoms with van der Waals surface area (Å²) in [5, 5.41) is 3.67. The van der Waals surface area contributed by atoms with E-state index in [2.05, 4.69) is 53.2 Å². The summed E-state index contributed by atoms with van der Waals surface area (Å²) >= 11 is 1.82. The number of benzene rings is 1. The molecule has 23 heavy (non-hydrogen) atoms. The van der Waals surface area contributed by atoms with Gasteiger partial charge in [-0.2, -0.15) is 0 Å². The molecule has 0 aromatic heterocycles. The molecule has 2 saturated heterocycles. The zero-order chi connectivity index (χ0) is 16.2. The summed E-state index contributed by atoms with van der Waals surface area (Å²) in [4.78, 5) is 17.3. The van der Waals surface area contributed by atoms with Crippen LogP contribution in [0.25, 0.3) is 0 Å². The number of hydrogen-bond acceptors (Lipinski definition) is 4. The van der Waals surface area contributed by atoms with Crippen molar-refractivity contribution in [2.75, 3.05) is 39.3 Å². The molecule has 0 spiro atoms. The minimum absolute atomic E-state index is 0.115. The van der Waals surface area contributed by atoms with Crippen LogP contribution in [0.4, 0.5) is 0 Å². The molecule has 0 unspecified atom stereocenters. The highest BCUT2D eigenvalue weighted by Gasteiger charge is 2.39. The van der Waals surface area contributed by atoms with Gasteiger partial charge in [0.2, 0.25) is 5.91 Å². The molecule has 5 heteroatoms. The average Bonchev–Trinajstić information content (AvgIpc) is 2.90. The van der Waals surface area contributed by atoms with Crippen molar-refractivity contribution in [1.82, 2.24) is 15.1 Å². The van der Waals surface area contributed by atoms with E-state index in [9.17, 15) is 4.79 Å². The van der Waals surface area contributed by atoms with Gasteiger partial charge >= 0.3 is 0 Å². The second-order valence-corrected chi connectivity index (χ2v) is 7.71. The molecule has 0 radical (unpaired) electrons. The number of piperazine rings is 1. The third-order valence-electron chi connectivity index (χ3n) is 4.73. The van der Waals surface area contributed by atoms with E-state index < -0.39 is 0 Å². The Kier molecular flexibility index (Phi) is 5.62. The SMILES string of the molecule is CC[C@@H]1S[C@@H](c2ccc(C)cc2)N(CCN2CCNCC2)C1=O. The number of nitrogens with one attached hydrogen (secondary N) is 1. The molecule has 1 aromatic rings. The largest absolute Gasteiger partial charge is 0.324 e. The van der Waals surface area contributed by atoms with Gasteiger partial charge in [-0.05, 0) is 18.9 Å². The van der Waals surface area contributed by atoms with E-state index in [1.807, 2.05) is 11.8 Å². The van der Waals surface area contributed by atoms with Crippen molar-refractivity contribution >= 4 is 17.7 Å². The lowest BCUT2D eigenvalue weighted by atomic mass is 10.1. The van der Waals surface area contributed by atoms with Gasteiger partial charge in [-0.3, -0.25) is 9.69 Å². The molecule has 0 aliphatic carbocycles. The molecular formula is C18H27N3OS. The number of rotatable bonds is 5. The molecule has 0 bridgehead atoms. The molecule has 2 heterocycles. The van der Waals surface area contributed by atoms with Gasteiger partial charge in [0.25, 0.3) is 0 Å². The lowest BCUT2D eigenvalue weighted by molar-refractivity contribution is -0.130. The first-order chi connectivity index (χ1) is 11.2. The third-order valence-corrected chi connectivity index (χ3v) is 6.38. The third kappa shape index (κ3) is 3.90. The van der Waals surface area contributed by atoms with E-state index in [0.717, 1.165) is 45.7 Å². The van der Waals surface area contributed by atoms with Gasteiger partial charge in [-0.15, -0.1) is 11.8 Å². The predicted octanol–water partition coefficient (Wildman–Crippen LogP) is 2.25. The van der Waals surface area contributed by atoms with E-state index in [1.165, 1.54) is 11.1 Å². The molecule has 1 aromatic carbocycles. The van der Waals surface area contributed by atoms with Gasteiger partial charge in [0.1, 0.15) is 5.37 Å². The zero-order valence-corrected chi connectivity index (χ0v) is 14.9.